The van der Waals surface area contributed by atoms with E-state index in [0.29, 0.717) is 17.7 Å². The van der Waals surface area contributed by atoms with E-state index in [1.54, 1.807) is 26.0 Å². The van der Waals surface area contributed by atoms with Crippen LogP contribution >= 0.6 is 0 Å². The molecule has 14 heteroatoms. The van der Waals surface area contributed by atoms with Crippen molar-refractivity contribution in [3.05, 3.63) is 48.0 Å². The number of phenolic OH excluding ortho intramolecular Hbond substituents is 1. The second-order valence-corrected chi connectivity index (χ2v) is 9.52. The topological polar surface area (TPSA) is 237 Å². The quantitative estimate of drug-likeness (QED) is 0.133. The van der Waals surface area contributed by atoms with Gasteiger partial charge in [-0.15, -0.1) is 0 Å². The minimum absolute atomic E-state index is 0.0445. The monoisotopic (exact) mass is 560 g/mol. The lowest BCUT2D eigenvalue weighted by Gasteiger charge is -2.28. The van der Waals surface area contributed by atoms with Crippen molar-refractivity contribution < 1.29 is 39.3 Å². The van der Waals surface area contributed by atoms with Crippen molar-refractivity contribution >= 4 is 29.7 Å². The Labute approximate surface area is 230 Å². The predicted molar refractivity (Wildman–Crippen MR) is 142 cm³/mol. The van der Waals surface area contributed by atoms with Crippen LogP contribution in [0.4, 0.5) is 0 Å². The van der Waals surface area contributed by atoms with Gasteiger partial charge in [0.1, 0.15) is 23.9 Å². The van der Waals surface area contributed by atoms with Crippen molar-refractivity contribution in [2.24, 2.45) is 11.7 Å². The summed E-state index contributed by atoms with van der Waals surface area (Å²) in [5.74, 6) is -5.14. The van der Waals surface area contributed by atoms with Gasteiger partial charge in [0, 0.05) is 24.7 Å². The lowest BCUT2D eigenvalue weighted by atomic mass is 9.96. The first kappa shape index (κ1) is 31.8. The Hall–Kier alpha value is -4.46. The van der Waals surface area contributed by atoms with E-state index in [-0.39, 0.29) is 25.0 Å². The molecule has 0 fully saturated rings. The highest BCUT2D eigenvalue weighted by Gasteiger charge is 2.33. The molecule has 5 atom stereocenters. The maximum Gasteiger partial charge on any atom is 0.326 e. The van der Waals surface area contributed by atoms with E-state index in [1.165, 1.54) is 24.7 Å². The molecule has 1 aromatic heterocycles. The fraction of sp³-hybridized carbons (Fsp3) is 0.462. The Bertz CT molecular complexity index is 1150. The van der Waals surface area contributed by atoms with Crippen molar-refractivity contribution in [1.29, 1.82) is 0 Å². The Morgan fingerprint density at radius 3 is 2.15 bits per heavy atom. The minimum Gasteiger partial charge on any atom is -0.508 e. The summed E-state index contributed by atoms with van der Waals surface area (Å²) in [6.45, 7) is 3.47. The molecule has 0 saturated carbocycles. The number of aromatic hydroxyl groups is 1. The van der Waals surface area contributed by atoms with Crippen LogP contribution in [0.2, 0.25) is 0 Å². The van der Waals surface area contributed by atoms with E-state index in [4.69, 9.17) is 10.8 Å². The molecule has 0 spiro atoms. The normalized spacial score (nSPS) is 14.7. The van der Waals surface area contributed by atoms with Crippen molar-refractivity contribution in [1.82, 2.24) is 25.9 Å². The molecule has 9 N–H and O–H groups in total. The number of carboxylic acids is 2. The minimum atomic E-state index is -1.32. The first-order chi connectivity index (χ1) is 18.9. The molecule has 218 valence electrons. The molecule has 3 amide bonds. The molecular formula is C26H36N6O8. The highest BCUT2D eigenvalue weighted by molar-refractivity contribution is 5.94. The van der Waals surface area contributed by atoms with E-state index >= 15 is 0 Å². The first-order valence-corrected chi connectivity index (χ1v) is 12.8. The van der Waals surface area contributed by atoms with E-state index in [0.717, 1.165) is 0 Å². The largest absolute Gasteiger partial charge is 0.508 e. The van der Waals surface area contributed by atoms with Crippen LogP contribution in [0.1, 0.15) is 44.4 Å². The third-order valence-electron chi connectivity index (χ3n) is 6.40. The number of carboxylic acid groups (broad SMARTS) is 2. The summed E-state index contributed by atoms with van der Waals surface area (Å²) in [6.07, 6.45) is 2.55. The average Bonchev–Trinajstić information content (AvgIpc) is 3.42. The van der Waals surface area contributed by atoms with Gasteiger partial charge in [-0.1, -0.05) is 32.4 Å². The van der Waals surface area contributed by atoms with E-state index in [1.807, 2.05) is 0 Å². The number of nitrogens with one attached hydrogen (secondary N) is 4. The van der Waals surface area contributed by atoms with Crippen molar-refractivity contribution in [2.45, 2.75) is 70.1 Å². The predicted octanol–water partition coefficient (Wildman–Crippen LogP) is -0.322. The molecular weight excluding hydrogens is 524 g/mol. The molecule has 40 heavy (non-hydrogen) atoms. The molecule has 0 bridgehead atoms. The van der Waals surface area contributed by atoms with Crippen molar-refractivity contribution in [3.63, 3.8) is 0 Å². The van der Waals surface area contributed by atoms with Crippen LogP contribution in [0.5, 0.6) is 5.75 Å². The third kappa shape index (κ3) is 10.0. The Balaban J connectivity index is 2.14. The van der Waals surface area contributed by atoms with Gasteiger partial charge < -0.3 is 42.0 Å². The number of aromatic amines is 1. The molecule has 2 rings (SSSR count). The van der Waals surface area contributed by atoms with Gasteiger partial charge in [0.2, 0.25) is 17.7 Å². The Morgan fingerprint density at radius 2 is 1.60 bits per heavy atom. The smallest absolute Gasteiger partial charge is 0.326 e. The van der Waals surface area contributed by atoms with Crippen LogP contribution in [0.25, 0.3) is 0 Å². The molecule has 1 heterocycles. The standard InChI is InChI=1S/C26H36N6O8/c1-3-14(2)22(25(38)31-20(26(39)40)11-16-12-28-13-29-16)32-24(37)19(8-9-21(34)35)30-23(36)18(27)10-15-4-6-17(33)7-5-15/h4-7,12-14,18-20,22,33H,3,8-11,27H2,1-2H3,(H,28,29)(H,30,36)(H,31,38)(H,32,37)(H,34,35)(H,39,40). The summed E-state index contributed by atoms with van der Waals surface area (Å²) in [5.41, 5.74) is 7.14. The molecule has 0 saturated heterocycles. The number of hydrogen-bond donors (Lipinski definition) is 8. The van der Waals surface area contributed by atoms with Crippen molar-refractivity contribution in [2.75, 3.05) is 0 Å². The molecule has 2 aromatic rings. The number of carbonyl (C=O) groups is 5. The molecule has 5 unspecified atom stereocenters. The SMILES string of the molecule is CCC(C)C(NC(=O)C(CCC(=O)O)NC(=O)C(N)Cc1ccc(O)cc1)C(=O)NC(Cc1cnc[nH]1)C(=O)O. The van der Waals surface area contributed by atoms with Crippen LogP contribution < -0.4 is 21.7 Å². The van der Waals surface area contributed by atoms with Gasteiger partial charge in [0.25, 0.3) is 0 Å². The molecule has 0 aliphatic rings. The second kappa shape index (κ2) is 15.2. The van der Waals surface area contributed by atoms with Gasteiger partial charge in [0.05, 0.1) is 12.4 Å². The third-order valence-corrected chi connectivity index (χ3v) is 6.40. The second-order valence-electron chi connectivity index (χ2n) is 9.52. The number of hydrogen-bond acceptors (Lipinski definition) is 8. The van der Waals surface area contributed by atoms with Crippen LogP contribution in [-0.2, 0) is 36.8 Å². The van der Waals surface area contributed by atoms with E-state index < -0.39 is 66.2 Å². The zero-order chi connectivity index (χ0) is 29.8. The number of carbonyl (C=O) groups excluding carboxylic acids is 3. The number of nitrogens with zero attached hydrogens (tertiary/aromatic N) is 1. The number of phenols is 1. The summed E-state index contributed by atoms with van der Waals surface area (Å²) in [6, 6.07) is 1.16. The number of nitrogens with two attached hydrogens (primary N) is 1. The highest BCUT2D eigenvalue weighted by atomic mass is 16.4. The highest BCUT2D eigenvalue weighted by Crippen LogP contribution is 2.13. The van der Waals surface area contributed by atoms with Gasteiger partial charge in [-0.2, -0.15) is 0 Å². The number of amides is 3. The van der Waals surface area contributed by atoms with Gasteiger partial charge in [-0.25, -0.2) is 9.78 Å². The lowest BCUT2D eigenvalue weighted by Crippen LogP contribution is -2.59. The van der Waals surface area contributed by atoms with E-state index in [9.17, 15) is 34.2 Å². The first-order valence-electron chi connectivity index (χ1n) is 12.8. The zero-order valence-corrected chi connectivity index (χ0v) is 22.3. The number of rotatable bonds is 16. The lowest BCUT2D eigenvalue weighted by molar-refractivity contribution is -0.142. The van der Waals surface area contributed by atoms with Crippen LogP contribution in [-0.4, -0.2) is 79.1 Å². The van der Waals surface area contributed by atoms with Crippen LogP contribution in [0.15, 0.2) is 36.8 Å². The summed E-state index contributed by atoms with van der Waals surface area (Å²) >= 11 is 0. The van der Waals surface area contributed by atoms with Gasteiger partial charge >= 0.3 is 11.9 Å². The molecule has 14 nitrogen and oxygen atoms in total. The molecule has 1 aromatic carbocycles. The Morgan fingerprint density at radius 1 is 0.950 bits per heavy atom. The summed E-state index contributed by atoms with van der Waals surface area (Å²) in [5, 5.41) is 35.6. The maximum atomic E-state index is 13.2. The van der Waals surface area contributed by atoms with Crippen LogP contribution in [0, 0.1) is 5.92 Å². The number of aliphatic carboxylic acids is 2. The number of imidazole rings is 1. The maximum absolute atomic E-state index is 13.2. The van der Waals surface area contributed by atoms with Crippen molar-refractivity contribution in [3.8, 4) is 5.75 Å². The average molecular weight is 561 g/mol. The fourth-order valence-corrected chi connectivity index (χ4v) is 3.83. The molecule has 0 radical (unpaired) electrons. The van der Waals surface area contributed by atoms with Crippen LogP contribution in [0.3, 0.4) is 0 Å². The number of benzene rings is 1. The zero-order valence-electron chi connectivity index (χ0n) is 22.3. The fourth-order valence-electron chi connectivity index (χ4n) is 3.83. The van der Waals surface area contributed by atoms with Gasteiger partial charge in [-0.05, 0) is 36.5 Å². The number of H-pyrrole nitrogens is 1. The Kier molecular flexibility index (Phi) is 12.1. The summed E-state index contributed by atoms with van der Waals surface area (Å²) in [4.78, 5) is 68.7. The summed E-state index contributed by atoms with van der Waals surface area (Å²) in [7, 11) is 0. The van der Waals surface area contributed by atoms with Gasteiger partial charge in [0.15, 0.2) is 0 Å². The molecule has 0 aliphatic carbocycles. The number of aromatic nitrogens is 2. The molecule has 0 aliphatic heterocycles. The van der Waals surface area contributed by atoms with Gasteiger partial charge in [-0.3, -0.25) is 19.2 Å². The van der Waals surface area contributed by atoms with E-state index in [2.05, 4.69) is 25.9 Å². The summed E-state index contributed by atoms with van der Waals surface area (Å²) < 4.78 is 0.